The fraction of sp³-hybridized carbons (Fsp3) is 0.0769. The third-order valence-corrected chi connectivity index (χ3v) is 2.77. The van der Waals surface area contributed by atoms with Crippen LogP contribution < -0.4 is 5.32 Å². The number of nitrogens with one attached hydrogen (secondary N) is 1. The summed E-state index contributed by atoms with van der Waals surface area (Å²) in [6, 6.07) is 11.2. The van der Waals surface area contributed by atoms with E-state index in [1.807, 2.05) is 24.3 Å². The maximum Gasteiger partial charge on any atom is 0.228 e. The summed E-state index contributed by atoms with van der Waals surface area (Å²) >= 11 is 3.36. The second-order valence-corrected chi connectivity index (χ2v) is 4.50. The van der Waals surface area contributed by atoms with Crippen LogP contribution in [0.4, 0.5) is 5.69 Å². The molecule has 3 nitrogen and oxygen atoms in total. The van der Waals surface area contributed by atoms with Gasteiger partial charge in [-0.25, -0.2) is 0 Å². The lowest BCUT2D eigenvalue weighted by Crippen LogP contribution is -2.14. The first kappa shape index (κ1) is 11.8. The third kappa shape index (κ3) is 3.67. The Kier molecular flexibility index (Phi) is 3.88. The molecule has 0 aliphatic heterocycles. The third-order valence-electron chi connectivity index (χ3n) is 2.24. The summed E-state index contributed by atoms with van der Waals surface area (Å²) < 4.78 is 1.01. The fourth-order valence-corrected chi connectivity index (χ4v) is 1.69. The number of amides is 1. The Balaban J connectivity index is 1.96. The molecular weight excluding hydrogens is 280 g/mol. The molecular formula is C13H11BrN2O. The average molecular weight is 291 g/mol. The largest absolute Gasteiger partial charge is 0.326 e. The molecule has 0 atom stereocenters. The molecule has 1 amide bonds. The van der Waals surface area contributed by atoms with Crippen molar-refractivity contribution in [2.75, 3.05) is 5.32 Å². The number of hydrogen-bond donors (Lipinski definition) is 1. The first-order valence-corrected chi connectivity index (χ1v) is 5.97. The second kappa shape index (κ2) is 5.59. The van der Waals surface area contributed by atoms with Gasteiger partial charge in [-0.3, -0.25) is 9.78 Å². The Morgan fingerprint density at radius 1 is 1.12 bits per heavy atom. The smallest absolute Gasteiger partial charge is 0.228 e. The van der Waals surface area contributed by atoms with Crippen molar-refractivity contribution in [3.8, 4) is 0 Å². The Labute approximate surface area is 108 Å². The van der Waals surface area contributed by atoms with E-state index in [-0.39, 0.29) is 5.91 Å². The van der Waals surface area contributed by atoms with E-state index in [2.05, 4.69) is 26.2 Å². The van der Waals surface area contributed by atoms with Crippen LogP contribution in [0.15, 0.2) is 53.3 Å². The number of carbonyl (C=O) groups is 1. The molecule has 0 spiro atoms. The second-order valence-electron chi connectivity index (χ2n) is 3.59. The van der Waals surface area contributed by atoms with Crippen LogP contribution in [-0.4, -0.2) is 10.9 Å². The quantitative estimate of drug-likeness (QED) is 0.944. The summed E-state index contributed by atoms with van der Waals surface area (Å²) in [7, 11) is 0. The van der Waals surface area contributed by atoms with Crippen molar-refractivity contribution >= 4 is 27.5 Å². The number of pyridine rings is 1. The minimum Gasteiger partial charge on any atom is -0.326 e. The van der Waals surface area contributed by atoms with Gasteiger partial charge in [0.15, 0.2) is 0 Å². The minimum atomic E-state index is -0.0291. The lowest BCUT2D eigenvalue weighted by atomic mass is 10.1. The molecule has 0 saturated heterocycles. The summed E-state index contributed by atoms with van der Waals surface area (Å²) in [5.41, 5.74) is 1.75. The summed E-state index contributed by atoms with van der Waals surface area (Å²) in [4.78, 5) is 15.6. The predicted octanol–water partition coefficient (Wildman–Crippen LogP) is 3.03. The van der Waals surface area contributed by atoms with Crippen LogP contribution in [0.3, 0.4) is 0 Å². The Morgan fingerprint density at radius 3 is 2.41 bits per heavy atom. The highest BCUT2D eigenvalue weighted by Gasteiger charge is 2.03. The first-order chi connectivity index (χ1) is 8.24. The molecule has 17 heavy (non-hydrogen) atoms. The van der Waals surface area contributed by atoms with E-state index >= 15 is 0 Å². The van der Waals surface area contributed by atoms with Gasteiger partial charge in [-0.05, 0) is 29.8 Å². The molecule has 2 rings (SSSR count). The molecule has 86 valence electrons. The summed E-state index contributed by atoms with van der Waals surface area (Å²) in [5.74, 6) is -0.0291. The minimum absolute atomic E-state index is 0.0291. The predicted molar refractivity (Wildman–Crippen MR) is 70.7 cm³/mol. The highest BCUT2D eigenvalue weighted by molar-refractivity contribution is 9.10. The van der Waals surface area contributed by atoms with E-state index in [1.165, 1.54) is 0 Å². The standard InChI is InChI=1S/C13H11BrN2O/c14-11-3-1-10(2-4-11)9-13(17)16-12-5-7-15-8-6-12/h1-8H,9H2,(H,15,16,17). The zero-order valence-corrected chi connectivity index (χ0v) is 10.6. The van der Waals surface area contributed by atoms with Crippen molar-refractivity contribution in [1.82, 2.24) is 4.98 Å². The highest BCUT2D eigenvalue weighted by Crippen LogP contribution is 2.11. The van der Waals surface area contributed by atoms with Crippen molar-refractivity contribution < 1.29 is 4.79 Å². The van der Waals surface area contributed by atoms with Gasteiger partial charge in [0.2, 0.25) is 5.91 Å². The number of aromatic nitrogens is 1. The van der Waals surface area contributed by atoms with E-state index in [1.54, 1.807) is 24.5 Å². The lowest BCUT2D eigenvalue weighted by Gasteiger charge is -2.04. The molecule has 0 fully saturated rings. The van der Waals surface area contributed by atoms with E-state index in [9.17, 15) is 4.79 Å². The van der Waals surface area contributed by atoms with Gasteiger partial charge < -0.3 is 5.32 Å². The molecule has 0 radical (unpaired) electrons. The van der Waals surface area contributed by atoms with Crippen LogP contribution in [0, 0.1) is 0 Å². The highest BCUT2D eigenvalue weighted by atomic mass is 79.9. The molecule has 1 aromatic heterocycles. The van der Waals surface area contributed by atoms with Gasteiger partial charge in [0.05, 0.1) is 6.42 Å². The maximum absolute atomic E-state index is 11.7. The van der Waals surface area contributed by atoms with Crippen LogP contribution in [0.25, 0.3) is 0 Å². The normalized spacial score (nSPS) is 9.94. The SMILES string of the molecule is O=C(Cc1ccc(Br)cc1)Nc1ccncc1. The van der Waals surface area contributed by atoms with Crippen molar-refractivity contribution in [1.29, 1.82) is 0 Å². The molecule has 4 heteroatoms. The number of hydrogen-bond acceptors (Lipinski definition) is 2. The van der Waals surface area contributed by atoms with E-state index < -0.39 is 0 Å². The van der Waals surface area contributed by atoms with E-state index in [0.29, 0.717) is 6.42 Å². The Bertz CT molecular complexity index is 497. The summed E-state index contributed by atoms with van der Waals surface area (Å²) in [5, 5.41) is 2.81. The summed E-state index contributed by atoms with van der Waals surface area (Å²) in [6.07, 6.45) is 3.67. The van der Waals surface area contributed by atoms with Crippen LogP contribution in [0.5, 0.6) is 0 Å². The molecule has 0 unspecified atom stereocenters. The van der Waals surface area contributed by atoms with Crippen molar-refractivity contribution in [3.63, 3.8) is 0 Å². The van der Waals surface area contributed by atoms with Gasteiger partial charge in [-0.1, -0.05) is 28.1 Å². The van der Waals surface area contributed by atoms with Gasteiger partial charge >= 0.3 is 0 Å². The van der Waals surface area contributed by atoms with Crippen molar-refractivity contribution in [2.45, 2.75) is 6.42 Å². The molecule has 0 saturated carbocycles. The number of nitrogens with zero attached hydrogens (tertiary/aromatic N) is 1. The van der Waals surface area contributed by atoms with Crippen LogP contribution >= 0.6 is 15.9 Å². The Hall–Kier alpha value is -1.68. The van der Waals surface area contributed by atoms with Crippen LogP contribution in [0.2, 0.25) is 0 Å². The molecule has 0 bridgehead atoms. The van der Waals surface area contributed by atoms with Crippen molar-refractivity contribution in [2.24, 2.45) is 0 Å². The first-order valence-electron chi connectivity index (χ1n) is 5.18. The molecule has 1 N–H and O–H groups in total. The zero-order chi connectivity index (χ0) is 12.1. The fourth-order valence-electron chi connectivity index (χ4n) is 1.43. The number of anilines is 1. The number of halogens is 1. The molecule has 2 aromatic rings. The van der Waals surface area contributed by atoms with Gasteiger partial charge in [0, 0.05) is 22.6 Å². The lowest BCUT2D eigenvalue weighted by molar-refractivity contribution is -0.115. The van der Waals surface area contributed by atoms with Gasteiger partial charge in [-0.2, -0.15) is 0 Å². The van der Waals surface area contributed by atoms with Crippen LogP contribution in [0.1, 0.15) is 5.56 Å². The van der Waals surface area contributed by atoms with Crippen molar-refractivity contribution in [3.05, 3.63) is 58.8 Å². The van der Waals surface area contributed by atoms with E-state index in [0.717, 1.165) is 15.7 Å². The number of carbonyl (C=O) groups excluding carboxylic acids is 1. The number of rotatable bonds is 3. The molecule has 0 aliphatic carbocycles. The Morgan fingerprint density at radius 2 is 1.76 bits per heavy atom. The zero-order valence-electron chi connectivity index (χ0n) is 9.06. The monoisotopic (exact) mass is 290 g/mol. The maximum atomic E-state index is 11.7. The molecule has 1 aromatic carbocycles. The van der Waals surface area contributed by atoms with Gasteiger partial charge in [0.1, 0.15) is 0 Å². The topological polar surface area (TPSA) is 42.0 Å². The van der Waals surface area contributed by atoms with Gasteiger partial charge in [-0.15, -0.1) is 0 Å². The summed E-state index contributed by atoms with van der Waals surface area (Å²) in [6.45, 7) is 0. The molecule has 0 aliphatic rings. The average Bonchev–Trinajstić information content (AvgIpc) is 2.33. The van der Waals surface area contributed by atoms with E-state index in [4.69, 9.17) is 0 Å². The molecule has 1 heterocycles. The van der Waals surface area contributed by atoms with Crippen LogP contribution in [-0.2, 0) is 11.2 Å². The number of benzene rings is 1. The van der Waals surface area contributed by atoms with Gasteiger partial charge in [0.25, 0.3) is 0 Å².